The monoisotopic (exact) mass is 397 g/mol. The summed E-state index contributed by atoms with van der Waals surface area (Å²) in [6, 6.07) is 6.45. The van der Waals surface area contributed by atoms with E-state index in [2.05, 4.69) is 46.7 Å². The van der Waals surface area contributed by atoms with Crippen molar-refractivity contribution in [3.05, 3.63) is 50.9 Å². The van der Waals surface area contributed by atoms with Gasteiger partial charge in [0.1, 0.15) is 0 Å². The third kappa shape index (κ3) is 4.08. The van der Waals surface area contributed by atoms with Crippen LogP contribution in [0, 0.1) is 27.7 Å². The quantitative estimate of drug-likeness (QED) is 0.788. The molecule has 1 aromatic carbocycles. The minimum Gasteiger partial charge on any atom is -0.379 e. The van der Waals surface area contributed by atoms with Gasteiger partial charge in [-0.1, -0.05) is 17.7 Å². The Morgan fingerprint density at radius 3 is 2.45 bits per heavy atom. The molecule has 0 aliphatic carbocycles. The zero-order chi connectivity index (χ0) is 20.5. The van der Waals surface area contributed by atoms with Gasteiger partial charge in [0.2, 0.25) is 5.95 Å². The summed E-state index contributed by atoms with van der Waals surface area (Å²) in [6.07, 6.45) is 0. The second-order valence-corrected chi connectivity index (χ2v) is 8.20. The molecule has 0 bridgehead atoms. The summed E-state index contributed by atoms with van der Waals surface area (Å²) in [5, 5.41) is 0. The molecule has 2 aliphatic rings. The van der Waals surface area contributed by atoms with Crippen LogP contribution in [0.5, 0.6) is 0 Å². The number of aryl methyl sites for hydroxylation is 3. The molecule has 0 radical (unpaired) electrons. The smallest absolute Gasteiger partial charge is 0.259 e. The highest BCUT2D eigenvalue weighted by Gasteiger charge is 2.28. The molecule has 0 spiro atoms. The maximum Gasteiger partial charge on any atom is 0.259 e. The van der Waals surface area contributed by atoms with Crippen LogP contribution >= 0.6 is 0 Å². The molecule has 7 heteroatoms. The standard InChI is InChI=1S/C22H31N5O2/c1-16-5-6-20(17(2)13-16)26-14-25(8-7-24-9-11-29-12-10-24)15-27-21(28)18(3)19(4)23-22(26)27/h5-6,13H,7-12,14-15H2,1-4H3. The summed E-state index contributed by atoms with van der Waals surface area (Å²) in [7, 11) is 0. The van der Waals surface area contributed by atoms with E-state index < -0.39 is 0 Å². The van der Waals surface area contributed by atoms with E-state index in [1.807, 2.05) is 18.4 Å². The van der Waals surface area contributed by atoms with E-state index in [9.17, 15) is 4.79 Å². The molecule has 0 amide bonds. The predicted octanol–water partition coefficient (Wildman–Crippen LogP) is 2.18. The Morgan fingerprint density at radius 1 is 1.00 bits per heavy atom. The molecule has 0 unspecified atom stereocenters. The van der Waals surface area contributed by atoms with Crippen molar-refractivity contribution < 1.29 is 4.74 Å². The Bertz CT molecular complexity index is 949. The molecule has 2 aromatic rings. The lowest BCUT2D eigenvalue weighted by Gasteiger charge is -2.40. The van der Waals surface area contributed by atoms with Gasteiger partial charge in [0.05, 0.1) is 26.6 Å². The Balaban J connectivity index is 1.67. The third-order valence-electron chi connectivity index (χ3n) is 6.02. The number of rotatable bonds is 4. The van der Waals surface area contributed by atoms with Crippen LogP contribution in [0.2, 0.25) is 0 Å². The third-order valence-corrected chi connectivity index (χ3v) is 6.02. The molecule has 4 rings (SSSR count). The number of aromatic nitrogens is 2. The number of ether oxygens (including phenoxy) is 1. The van der Waals surface area contributed by atoms with Crippen molar-refractivity contribution >= 4 is 11.6 Å². The Hall–Kier alpha value is -2.22. The van der Waals surface area contributed by atoms with Gasteiger partial charge in [-0.2, -0.15) is 0 Å². The number of fused-ring (bicyclic) bond motifs is 1. The molecular formula is C22H31N5O2. The zero-order valence-corrected chi connectivity index (χ0v) is 17.9. The average molecular weight is 398 g/mol. The summed E-state index contributed by atoms with van der Waals surface area (Å²) in [5.41, 5.74) is 5.12. The minimum absolute atomic E-state index is 0.0540. The molecule has 1 aromatic heterocycles. The summed E-state index contributed by atoms with van der Waals surface area (Å²) >= 11 is 0. The fourth-order valence-electron chi connectivity index (χ4n) is 4.12. The number of nitrogens with zero attached hydrogens (tertiary/aromatic N) is 5. The van der Waals surface area contributed by atoms with Crippen molar-refractivity contribution in [3.8, 4) is 0 Å². The first-order valence-electron chi connectivity index (χ1n) is 10.4. The number of morpholine rings is 1. The van der Waals surface area contributed by atoms with E-state index in [1.54, 1.807) is 0 Å². The predicted molar refractivity (Wildman–Crippen MR) is 115 cm³/mol. The van der Waals surface area contributed by atoms with Crippen LogP contribution < -0.4 is 10.5 Å². The first kappa shape index (κ1) is 20.1. The molecule has 0 atom stereocenters. The number of benzene rings is 1. The van der Waals surface area contributed by atoms with Crippen LogP contribution in [0.25, 0.3) is 0 Å². The van der Waals surface area contributed by atoms with Gasteiger partial charge in [0, 0.05) is 43.1 Å². The molecule has 1 saturated heterocycles. The SMILES string of the molecule is Cc1ccc(N2CN(CCN3CCOCC3)Cn3c2nc(C)c(C)c3=O)c(C)c1. The number of hydrogen-bond donors (Lipinski definition) is 0. The Kier molecular flexibility index (Phi) is 5.72. The van der Waals surface area contributed by atoms with Gasteiger partial charge in [-0.05, 0) is 39.3 Å². The molecule has 1 fully saturated rings. The van der Waals surface area contributed by atoms with Crippen molar-refractivity contribution in [1.29, 1.82) is 0 Å². The van der Waals surface area contributed by atoms with Crippen molar-refractivity contribution in [3.63, 3.8) is 0 Å². The number of anilines is 2. The van der Waals surface area contributed by atoms with Crippen LogP contribution in [0.3, 0.4) is 0 Å². The lowest BCUT2D eigenvalue weighted by molar-refractivity contribution is 0.0310. The first-order chi connectivity index (χ1) is 13.9. The van der Waals surface area contributed by atoms with Gasteiger partial charge in [-0.3, -0.25) is 24.1 Å². The molecule has 156 valence electrons. The van der Waals surface area contributed by atoms with Gasteiger partial charge < -0.3 is 4.74 Å². The van der Waals surface area contributed by atoms with Gasteiger partial charge in [0.15, 0.2) is 0 Å². The van der Waals surface area contributed by atoms with E-state index in [0.29, 0.717) is 6.67 Å². The maximum atomic E-state index is 13.0. The fraction of sp³-hybridized carbons (Fsp3) is 0.545. The number of hydrogen-bond acceptors (Lipinski definition) is 6. The van der Waals surface area contributed by atoms with E-state index in [4.69, 9.17) is 9.72 Å². The average Bonchev–Trinajstić information content (AvgIpc) is 2.71. The van der Waals surface area contributed by atoms with E-state index in [1.165, 1.54) is 11.1 Å². The Labute approximate surface area is 172 Å². The maximum absolute atomic E-state index is 13.0. The van der Waals surface area contributed by atoms with Crippen LogP contribution in [0.4, 0.5) is 11.6 Å². The van der Waals surface area contributed by atoms with E-state index in [0.717, 1.165) is 69.0 Å². The molecule has 0 saturated carbocycles. The largest absolute Gasteiger partial charge is 0.379 e. The van der Waals surface area contributed by atoms with Crippen LogP contribution in [0.1, 0.15) is 22.4 Å². The molecule has 3 heterocycles. The summed E-state index contributed by atoms with van der Waals surface area (Å²) in [4.78, 5) is 24.8. The molecule has 2 aliphatic heterocycles. The van der Waals surface area contributed by atoms with Gasteiger partial charge in [0.25, 0.3) is 5.56 Å². The molecule has 0 N–H and O–H groups in total. The summed E-state index contributed by atoms with van der Waals surface area (Å²) in [6.45, 7) is 14.8. The topological polar surface area (TPSA) is 53.8 Å². The van der Waals surface area contributed by atoms with E-state index in [-0.39, 0.29) is 5.56 Å². The van der Waals surface area contributed by atoms with Crippen molar-refractivity contribution in [1.82, 2.24) is 19.4 Å². The van der Waals surface area contributed by atoms with Gasteiger partial charge in [-0.15, -0.1) is 0 Å². The van der Waals surface area contributed by atoms with Crippen LogP contribution in [-0.2, 0) is 11.4 Å². The molecule has 7 nitrogen and oxygen atoms in total. The fourth-order valence-corrected chi connectivity index (χ4v) is 4.12. The second kappa shape index (κ2) is 8.26. The highest BCUT2D eigenvalue weighted by molar-refractivity contribution is 5.63. The lowest BCUT2D eigenvalue weighted by Crippen LogP contribution is -2.50. The summed E-state index contributed by atoms with van der Waals surface area (Å²) in [5.74, 6) is 0.743. The van der Waals surface area contributed by atoms with Gasteiger partial charge >= 0.3 is 0 Å². The minimum atomic E-state index is 0.0540. The normalized spacial score (nSPS) is 18.1. The van der Waals surface area contributed by atoms with E-state index >= 15 is 0 Å². The second-order valence-electron chi connectivity index (χ2n) is 8.20. The Morgan fingerprint density at radius 2 is 1.72 bits per heavy atom. The lowest BCUT2D eigenvalue weighted by atomic mass is 10.1. The highest BCUT2D eigenvalue weighted by Crippen LogP contribution is 2.30. The highest BCUT2D eigenvalue weighted by atomic mass is 16.5. The van der Waals surface area contributed by atoms with Crippen LogP contribution in [0.15, 0.2) is 23.0 Å². The summed E-state index contributed by atoms with van der Waals surface area (Å²) < 4.78 is 7.28. The van der Waals surface area contributed by atoms with Crippen molar-refractivity contribution in [2.45, 2.75) is 34.4 Å². The zero-order valence-electron chi connectivity index (χ0n) is 17.9. The van der Waals surface area contributed by atoms with Crippen LogP contribution in [-0.4, -0.2) is 65.4 Å². The first-order valence-corrected chi connectivity index (χ1v) is 10.4. The van der Waals surface area contributed by atoms with Crippen molar-refractivity contribution in [2.24, 2.45) is 0 Å². The van der Waals surface area contributed by atoms with Crippen molar-refractivity contribution in [2.75, 3.05) is 51.0 Å². The van der Waals surface area contributed by atoms with Gasteiger partial charge in [-0.25, -0.2) is 4.98 Å². The molecular weight excluding hydrogens is 366 g/mol. The molecule has 29 heavy (non-hydrogen) atoms.